The van der Waals surface area contributed by atoms with Crippen molar-refractivity contribution < 1.29 is 4.74 Å². The van der Waals surface area contributed by atoms with Crippen molar-refractivity contribution in [2.45, 2.75) is 71.9 Å². The van der Waals surface area contributed by atoms with Gasteiger partial charge < -0.3 is 10.1 Å². The van der Waals surface area contributed by atoms with Gasteiger partial charge in [-0.3, -0.25) is 0 Å². The van der Waals surface area contributed by atoms with Crippen LogP contribution in [-0.4, -0.2) is 18.7 Å². The molecule has 0 saturated heterocycles. The standard InChI is InChI=1S/C19H31NO/c1-5-7-16-10-11-17(20-6-2)19(13-16)21-18-12-14(3)8-9-15(18)4/h8-9,12,16-17,19-20H,5-7,10-11,13H2,1-4H3. The summed E-state index contributed by atoms with van der Waals surface area (Å²) in [6.45, 7) is 9.78. The van der Waals surface area contributed by atoms with Crippen molar-refractivity contribution >= 4 is 0 Å². The molecule has 1 aliphatic carbocycles. The molecule has 1 saturated carbocycles. The second-order valence-electron chi connectivity index (χ2n) is 6.56. The van der Waals surface area contributed by atoms with E-state index in [1.807, 2.05) is 0 Å². The highest BCUT2D eigenvalue weighted by atomic mass is 16.5. The monoisotopic (exact) mass is 289 g/mol. The van der Waals surface area contributed by atoms with Crippen LogP contribution in [0.2, 0.25) is 0 Å². The molecular weight excluding hydrogens is 258 g/mol. The van der Waals surface area contributed by atoms with E-state index in [1.54, 1.807) is 0 Å². The molecule has 2 rings (SSSR count). The number of hydrogen-bond donors (Lipinski definition) is 1. The lowest BCUT2D eigenvalue weighted by molar-refractivity contribution is 0.0833. The van der Waals surface area contributed by atoms with Crippen LogP contribution in [0.1, 0.15) is 57.1 Å². The first-order valence-electron chi connectivity index (χ1n) is 8.61. The molecule has 1 N–H and O–H groups in total. The summed E-state index contributed by atoms with van der Waals surface area (Å²) in [5.41, 5.74) is 2.52. The lowest BCUT2D eigenvalue weighted by Crippen LogP contribution is -2.47. The number of nitrogens with one attached hydrogen (secondary N) is 1. The third-order valence-corrected chi connectivity index (χ3v) is 4.69. The van der Waals surface area contributed by atoms with Crippen LogP contribution in [0.25, 0.3) is 0 Å². The SMILES string of the molecule is CCCC1CCC(NCC)C(Oc2cc(C)ccc2C)C1. The van der Waals surface area contributed by atoms with E-state index >= 15 is 0 Å². The first-order chi connectivity index (χ1) is 10.1. The highest BCUT2D eigenvalue weighted by Crippen LogP contribution is 2.32. The normalized spacial score (nSPS) is 25.8. The molecule has 3 unspecified atom stereocenters. The van der Waals surface area contributed by atoms with Gasteiger partial charge in [0.25, 0.3) is 0 Å². The van der Waals surface area contributed by atoms with Crippen molar-refractivity contribution in [3.05, 3.63) is 29.3 Å². The second-order valence-corrected chi connectivity index (χ2v) is 6.56. The Balaban J connectivity index is 2.09. The zero-order chi connectivity index (χ0) is 15.2. The number of hydrogen-bond acceptors (Lipinski definition) is 2. The number of benzene rings is 1. The van der Waals surface area contributed by atoms with Crippen molar-refractivity contribution in [1.29, 1.82) is 0 Å². The molecule has 3 atom stereocenters. The van der Waals surface area contributed by atoms with Crippen molar-refractivity contribution in [3.63, 3.8) is 0 Å². The molecule has 0 aliphatic heterocycles. The fourth-order valence-corrected chi connectivity index (χ4v) is 3.51. The van der Waals surface area contributed by atoms with Crippen LogP contribution < -0.4 is 10.1 Å². The Morgan fingerprint density at radius 3 is 2.71 bits per heavy atom. The Hall–Kier alpha value is -1.02. The molecule has 0 radical (unpaired) electrons. The third kappa shape index (κ3) is 4.47. The van der Waals surface area contributed by atoms with Crippen molar-refractivity contribution in [2.75, 3.05) is 6.54 Å². The summed E-state index contributed by atoms with van der Waals surface area (Å²) in [5, 5.41) is 3.63. The predicted molar refractivity (Wildman–Crippen MR) is 90.0 cm³/mol. The molecule has 0 amide bonds. The smallest absolute Gasteiger partial charge is 0.122 e. The molecule has 1 fully saturated rings. The summed E-state index contributed by atoms with van der Waals surface area (Å²) in [5.74, 6) is 1.90. The van der Waals surface area contributed by atoms with E-state index in [0.29, 0.717) is 12.1 Å². The van der Waals surface area contributed by atoms with Gasteiger partial charge in [0.1, 0.15) is 11.9 Å². The lowest BCUT2D eigenvalue weighted by Gasteiger charge is -2.37. The van der Waals surface area contributed by atoms with Gasteiger partial charge in [0, 0.05) is 6.04 Å². The van der Waals surface area contributed by atoms with Gasteiger partial charge in [-0.25, -0.2) is 0 Å². The maximum atomic E-state index is 6.45. The van der Waals surface area contributed by atoms with Crippen LogP contribution >= 0.6 is 0 Å². The molecule has 0 aromatic heterocycles. The molecule has 21 heavy (non-hydrogen) atoms. The molecule has 118 valence electrons. The van der Waals surface area contributed by atoms with Crippen molar-refractivity contribution in [2.24, 2.45) is 5.92 Å². The highest BCUT2D eigenvalue weighted by molar-refractivity contribution is 5.36. The molecule has 0 spiro atoms. The first kappa shape index (κ1) is 16.4. The van der Waals surface area contributed by atoms with Crippen LogP contribution in [0.3, 0.4) is 0 Å². The molecule has 0 heterocycles. The van der Waals surface area contributed by atoms with Gasteiger partial charge in [-0.15, -0.1) is 0 Å². The maximum absolute atomic E-state index is 6.45. The van der Waals surface area contributed by atoms with E-state index in [0.717, 1.165) is 18.2 Å². The summed E-state index contributed by atoms with van der Waals surface area (Å²) in [6.07, 6.45) is 6.72. The van der Waals surface area contributed by atoms with E-state index < -0.39 is 0 Å². The lowest BCUT2D eigenvalue weighted by atomic mass is 9.81. The molecule has 1 aromatic carbocycles. The van der Waals surface area contributed by atoms with Gasteiger partial charge in [0.2, 0.25) is 0 Å². The van der Waals surface area contributed by atoms with E-state index in [9.17, 15) is 0 Å². The largest absolute Gasteiger partial charge is 0.489 e. The predicted octanol–water partition coefficient (Wildman–Crippen LogP) is 4.63. The van der Waals surface area contributed by atoms with Crippen LogP contribution in [0.5, 0.6) is 5.75 Å². The van der Waals surface area contributed by atoms with E-state index in [4.69, 9.17) is 4.74 Å². The van der Waals surface area contributed by atoms with Gasteiger partial charge in [0.15, 0.2) is 0 Å². The molecule has 2 nitrogen and oxygen atoms in total. The Bertz CT molecular complexity index is 443. The topological polar surface area (TPSA) is 21.3 Å². The quantitative estimate of drug-likeness (QED) is 0.824. The van der Waals surface area contributed by atoms with Crippen LogP contribution in [-0.2, 0) is 0 Å². The Morgan fingerprint density at radius 2 is 2.00 bits per heavy atom. The minimum absolute atomic E-state index is 0.316. The molecule has 0 bridgehead atoms. The Labute approximate surface area is 130 Å². The number of ether oxygens (including phenoxy) is 1. The molecular formula is C19H31NO. The Kier molecular flexibility index (Phi) is 6.10. The van der Waals surface area contributed by atoms with Crippen molar-refractivity contribution in [1.82, 2.24) is 5.32 Å². The fraction of sp³-hybridized carbons (Fsp3) is 0.684. The summed E-state index contributed by atoms with van der Waals surface area (Å²) in [6, 6.07) is 7.01. The average molecular weight is 289 g/mol. The summed E-state index contributed by atoms with van der Waals surface area (Å²) < 4.78 is 6.45. The van der Waals surface area contributed by atoms with E-state index in [-0.39, 0.29) is 0 Å². The van der Waals surface area contributed by atoms with Crippen LogP contribution in [0.4, 0.5) is 0 Å². The Morgan fingerprint density at radius 1 is 1.19 bits per heavy atom. The minimum Gasteiger partial charge on any atom is -0.489 e. The maximum Gasteiger partial charge on any atom is 0.122 e. The average Bonchev–Trinajstić information content (AvgIpc) is 2.46. The van der Waals surface area contributed by atoms with Crippen molar-refractivity contribution in [3.8, 4) is 5.75 Å². The van der Waals surface area contributed by atoms with Crippen LogP contribution in [0, 0.1) is 19.8 Å². The summed E-state index contributed by atoms with van der Waals surface area (Å²) >= 11 is 0. The van der Waals surface area contributed by atoms with Gasteiger partial charge in [-0.1, -0.05) is 38.8 Å². The highest BCUT2D eigenvalue weighted by Gasteiger charge is 2.31. The number of likely N-dealkylation sites (N-methyl/N-ethyl adjacent to an activating group) is 1. The summed E-state index contributed by atoms with van der Waals surface area (Å²) in [7, 11) is 0. The van der Waals surface area contributed by atoms with Crippen LogP contribution in [0.15, 0.2) is 18.2 Å². The minimum atomic E-state index is 0.316. The molecule has 1 aromatic rings. The summed E-state index contributed by atoms with van der Waals surface area (Å²) in [4.78, 5) is 0. The first-order valence-corrected chi connectivity index (χ1v) is 8.61. The van der Waals surface area contributed by atoms with Gasteiger partial charge in [0.05, 0.1) is 0 Å². The third-order valence-electron chi connectivity index (χ3n) is 4.69. The molecule has 2 heteroatoms. The number of aryl methyl sites for hydroxylation is 2. The van der Waals surface area contributed by atoms with E-state index in [1.165, 1.54) is 43.2 Å². The van der Waals surface area contributed by atoms with Gasteiger partial charge >= 0.3 is 0 Å². The van der Waals surface area contributed by atoms with Gasteiger partial charge in [-0.05, 0) is 62.8 Å². The number of rotatable bonds is 6. The van der Waals surface area contributed by atoms with Gasteiger partial charge in [-0.2, -0.15) is 0 Å². The zero-order valence-corrected chi connectivity index (χ0v) is 14.1. The molecule has 1 aliphatic rings. The zero-order valence-electron chi connectivity index (χ0n) is 14.1. The second kappa shape index (κ2) is 7.84. The fourth-order valence-electron chi connectivity index (χ4n) is 3.51. The van der Waals surface area contributed by atoms with E-state index in [2.05, 4.69) is 51.2 Å².